The van der Waals surface area contributed by atoms with Gasteiger partial charge in [-0.3, -0.25) is 0 Å². The van der Waals surface area contributed by atoms with E-state index in [1.165, 1.54) is 12.1 Å². The summed E-state index contributed by atoms with van der Waals surface area (Å²) in [4.78, 5) is 13.9. The van der Waals surface area contributed by atoms with Crippen LogP contribution in [0.25, 0.3) is 0 Å². The molecule has 0 aliphatic heterocycles. The fraction of sp³-hybridized carbons (Fsp3) is 0.611. The van der Waals surface area contributed by atoms with Gasteiger partial charge in [-0.1, -0.05) is 13.0 Å². The van der Waals surface area contributed by atoms with Crippen molar-refractivity contribution in [1.29, 1.82) is 0 Å². The van der Waals surface area contributed by atoms with Crippen LogP contribution in [0.4, 0.5) is 9.18 Å². The van der Waals surface area contributed by atoms with Gasteiger partial charge in [-0.05, 0) is 57.4 Å². The fourth-order valence-corrected chi connectivity index (χ4v) is 2.19. The van der Waals surface area contributed by atoms with Crippen molar-refractivity contribution in [1.82, 2.24) is 10.2 Å². The Hall–Kier alpha value is -1.62. The Bertz CT molecular complexity index is 512. The molecule has 0 fully saturated rings. The number of aryl methyl sites for hydroxylation is 1. The van der Waals surface area contributed by atoms with E-state index in [1.54, 1.807) is 11.0 Å². The number of nitrogens with zero attached hydrogens (tertiary/aromatic N) is 1. The van der Waals surface area contributed by atoms with Crippen LogP contribution in [0.2, 0.25) is 0 Å². The molecular weight excluding hydrogens is 295 g/mol. The van der Waals surface area contributed by atoms with Crippen LogP contribution in [0.5, 0.6) is 0 Å². The van der Waals surface area contributed by atoms with Crippen molar-refractivity contribution in [2.75, 3.05) is 19.6 Å². The maximum Gasteiger partial charge on any atom is 0.410 e. The maximum absolute atomic E-state index is 13.1. The second-order valence-electron chi connectivity index (χ2n) is 6.71. The first kappa shape index (κ1) is 19.4. The highest BCUT2D eigenvalue weighted by atomic mass is 19.1. The molecule has 1 aromatic carbocycles. The van der Waals surface area contributed by atoms with Gasteiger partial charge < -0.3 is 15.0 Å². The molecular formula is C18H29FN2O2. The minimum absolute atomic E-state index is 0.217. The van der Waals surface area contributed by atoms with Gasteiger partial charge in [0.1, 0.15) is 11.4 Å². The fourth-order valence-electron chi connectivity index (χ4n) is 2.19. The van der Waals surface area contributed by atoms with E-state index in [2.05, 4.69) is 5.32 Å². The molecule has 0 atom stereocenters. The monoisotopic (exact) mass is 324 g/mol. The zero-order valence-corrected chi connectivity index (χ0v) is 14.9. The van der Waals surface area contributed by atoms with Gasteiger partial charge in [0.15, 0.2) is 0 Å². The smallest absolute Gasteiger partial charge is 0.410 e. The van der Waals surface area contributed by atoms with Crippen molar-refractivity contribution in [3.8, 4) is 0 Å². The topological polar surface area (TPSA) is 41.6 Å². The molecule has 4 nitrogen and oxygen atoms in total. The van der Waals surface area contributed by atoms with Crippen molar-refractivity contribution in [3.63, 3.8) is 0 Å². The zero-order valence-electron chi connectivity index (χ0n) is 14.9. The van der Waals surface area contributed by atoms with Crippen LogP contribution in [0, 0.1) is 12.7 Å². The normalized spacial score (nSPS) is 11.4. The zero-order chi connectivity index (χ0) is 17.5. The lowest BCUT2D eigenvalue weighted by atomic mass is 10.1. The van der Waals surface area contributed by atoms with Crippen molar-refractivity contribution < 1.29 is 13.9 Å². The van der Waals surface area contributed by atoms with E-state index in [1.807, 2.05) is 34.6 Å². The molecule has 0 aromatic heterocycles. The lowest BCUT2D eigenvalue weighted by molar-refractivity contribution is 0.0252. The first-order chi connectivity index (χ1) is 10.7. The van der Waals surface area contributed by atoms with E-state index in [9.17, 15) is 9.18 Å². The van der Waals surface area contributed by atoms with Gasteiger partial charge in [0.05, 0.1) is 0 Å². The van der Waals surface area contributed by atoms with E-state index < -0.39 is 5.60 Å². The number of amides is 1. The average Bonchev–Trinajstić information content (AvgIpc) is 2.42. The molecule has 0 aliphatic rings. The van der Waals surface area contributed by atoms with Gasteiger partial charge >= 0.3 is 6.09 Å². The molecule has 1 aromatic rings. The second-order valence-corrected chi connectivity index (χ2v) is 6.71. The molecule has 1 rings (SSSR count). The van der Waals surface area contributed by atoms with E-state index in [-0.39, 0.29) is 11.9 Å². The lowest BCUT2D eigenvalue weighted by Gasteiger charge is -2.27. The Balaban J connectivity index is 2.45. The standard InChI is InChI=1S/C18H29FN2O2/c1-6-10-21(17(22)23-18(3,4)5)11-9-20-13-15-7-8-16(19)12-14(15)2/h7-8,12,20H,6,9-11,13H2,1-5H3. The van der Waals surface area contributed by atoms with E-state index in [0.717, 1.165) is 17.5 Å². The molecule has 130 valence electrons. The quantitative estimate of drug-likeness (QED) is 0.774. The van der Waals surface area contributed by atoms with Gasteiger partial charge in [0, 0.05) is 26.2 Å². The minimum atomic E-state index is -0.484. The maximum atomic E-state index is 13.1. The number of ether oxygens (including phenoxy) is 1. The summed E-state index contributed by atoms with van der Waals surface area (Å²) in [5.74, 6) is -0.217. The van der Waals surface area contributed by atoms with Crippen LogP contribution >= 0.6 is 0 Å². The molecule has 5 heteroatoms. The largest absolute Gasteiger partial charge is 0.444 e. The van der Waals surface area contributed by atoms with Crippen LogP contribution in [0.3, 0.4) is 0 Å². The predicted octanol–water partition coefficient (Wildman–Crippen LogP) is 3.87. The van der Waals surface area contributed by atoms with Gasteiger partial charge in [-0.15, -0.1) is 0 Å². The molecule has 0 radical (unpaired) electrons. The Morgan fingerprint density at radius 3 is 2.57 bits per heavy atom. The van der Waals surface area contributed by atoms with Crippen LogP contribution in [-0.4, -0.2) is 36.2 Å². The number of halogens is 1. The third-order valence-electron chi connectivity index (χ3n) is 3.32. The molecule has 1 amide bonds. The molecule has 0 unspecified atom stereocenters. The van der Waals surface area contributed by atoms with Crippen LogP contribution in [-0.2, 0) is 11.3 Å². The minimum Gasteiger partial charge on any atom is -0.444 e. The molecule has 0 heterocycles. The summed E-state index contributed by atoms with van der Waals surface area (Å²) < 4.78 is 18.5. The van der Waals surface area contributed by atoms with Crippen molar-refractivity contribution >= 4 is 6.09 Å². The van der Waals surface area contributed by atoms with Gasteiger partial charge in [-0.2, -0.15) is 0 Å². The van der Waals surface area contributed by atoms with Gasteiger partial charge in [0.25, 0.3) is 0 Å². The number of hydrogen-bond donors (Lipinski definition) is 1. The number of rotatable bonds is 7. The third kappa shape index (κ3) is 7.46. The predicted molar refractivity (Wildman–Crippen MR) is 90.9 cm³/mol. The molecule has 0 aliphatic carbocycles. The van der Waals surface area contributed by atoms with E-state index in [0.29, 0.717) is 26.2 Å². The van der Waals surface area contributed by atoms with Crippen molar-refractivity contribution in [3.05, 3.63) is 35.1 Å². The molecule has 23 heavy (non-hydrogen) atoms. The Morgan fingerprint density at radius 2 is 2.00 bits per heavy atom. The van der Waals surface area contributed by atoms with E-state index in [4.69, 9.17) is 4.74 Å². The summed E-state index contributed by atoms with van der Waals surface area (Å²) in [6.07, 6.45) is 0.607. The third-order valence-corrected chi connectivity index (χ3v) is 3.32. The summed E-state index contributed by atoms with van der Waals surface area (Å²) in [5, 5.41) is 3.30. The van der Waals surface area contributed by atoms with Gasteiger partial charge in [-0.25, -0.2) is 9.18 Å². The van der Waals surface area contributed by atoms with Crippen LogP contribution in [0.15, 0.2) is 18.2 Å². The highest BCUT2D eigenvalue weighted by Crippen LogP contribution is 2.11. The number of nitrogens with one attached hydrogen (secondary N) is 1. The summed E-state index contributed by atoms with van der Waals surface area (Å²) in [6, 6.07) is 4.78. The summed E-state index contributed by atoms with van der Waals surface area (Å²) in [6.45, 7) is 12.1. The molecule has 1 N–H and O–H groups in total. The molecule has 0 bridgehead atoms. The second kappa shape index (κ2) is 8.87. The van der Waals surface area contributed by atoms with Crippen LogP contribution in [0.1, 0.15) is 45.2 Å². The summed E-state index contributed by atoms with van der Waals surface area (Å²) in [5.41, 5.74) is 1.50. The number of benzene rings is 1. The average molecular weight is 324 g/mol. The Morgan fingerprint density at radius 1 is 1.30 bits per heavy atom. The molecule has 0 saturated heterocycles. The summed E-state index contributed by atoms with van der Waals surface area (Å²) >= 11 is 0. The summed E-state index contributed by atoms with van der Waals surface area (Å²) in [7, 11) is 0. The van der Waals surface area contributed by atoms with Crippen LogP contribution < -0.4 is 5.32 Å². The van der Waals surface area contributed by atoms with Crippen molar-refractivity contribution in [2.24, 2.45) is 0 Å². The highest BCUT2D eigenvalue weighted by molar-refractivity contribution is 5.68. The molecule has 0 saturated carbocycles. The Labute approximate surface area is 139 Å². The van der Waals surface area contributed by atoms with Gasteiger partial charge in [0.2, 0.25) is 0 Å². The Kier molecular flexibility index (Phi) is 7.49. The lowest BCUT2D eigenvalue weighted by Crippen LogP contribution is -2.40. The van der Waals surface area contributed by atoms with E-state index >= 15 is 0 Å². The highest BCUT2D eigenvalue weighted by Gasteiger charge is 2.21. The first-order valence-corrected chi connectivity index (χ1v) is 8.16. The van der Waals surface area contributed by atoms with Crippen molar-refractivity contribution in [2.45, 2.75) is 53.2 Å². The number of carbonyl (C=O) groups excluding carboxylic acids is 1. The SMILES string of the molecule is CCCN(CCNCc1ccc(F)cc1C)C(=O)OC(C)(C)C. The number of carbonyl (C=O) groups is 1. The first-order valence-electron chi connectivity index (χ1n) is 8.16. The number of hydrogen-bond acceptors (Lipinski definition) is 3. The molecule has 0 spiro atoms.